The summed E-state index contributed by atoms with van der Waals surface area (Å²) in [4.78, 5) is 0. The third kappa shape index (κ3) is 2.27. The molecule has 0 aromatic heterocycles. The van der Waals surface area contributed by atoms with E-state index in [0.717, 1.165) is 11.4 Å². The number of halogens is 2. The molecule has 1 aliphatic rings. The molecule has 1 heterocycles. The van der Waals surface area contributed by atoms with E-state index in [1.165, 1.54) is 0 Å². The summed E-state index contributed by atoms with van der Waals surface area (Å²) < 4.78 is 0. The van der Waals surface area contributed by atoms with Crippen molar-refractivity contribution in [1.29, 1.82) is 10.5 Å². The smallest absolute Gasteiger partial charge is 0.0975 e. The summed E-state index contributed by atoms with van der Waals surface area (Å²) in [5.41, 5.74) is 3.09. The maximum atomic E-state index is 9.40. The van der Waals surface area contributed by atoms with Crippen molar-refractivity contribution in [3.05, 3.63) is 56.3 Å². The molecule has 0 atom stereocenters. The first-order valence-corrected chi connectivity index (χ1v) is 6.69. The molecule has 1 aromatic carbocycles. The molecule has 0 spiro atoms. The Balaban J connectivity index is 2.73. The second-order valence-electron chi connectivity index (χ2n) is 4.50. The zero-order valence-corrected chi connectivity index (χ0v) is 12.5. The monoisotopic (exact) mass is 303 g/mol. The first-order chi connectivity index (χ1) is 9.51. The van der Waals surface area contributed by atoms with Crippen molar-refractivity contribution in [3.63, 3.8) is 0 Å². The Bertz CT molecular complexity index is 682. The zero-order valence-electron chi connectivity index (χ0n) is 11.0. The Morgan fingerprint density at radius 2 is 1.60 bits per heavy atom. The van der Waals surface area contributed by atoms with E-state index in [1.807, 2.05) is 13.8 Å². The van der Waals surface area contributed by atoms with E-state index in [0.29, 0.717) is 26.8 Å². The van der Waals surface area contributed by atoms with Gasteiger partial charge in [-0.3, -0.25) is 0 Å². The van der Waals surface area contributed by atoms with E-state index < -0.39 is 5.92 Å². The maximum Gasteiger partial charge on any atom is 0.0975 e. The number of hydrogen-bond donors (Lipinski definition) is 1. The molecular weight excluding hydrogens is 293 g/mol. The number of nitrogens with one attached hydrogen (secondary N) is 1. The summed E-state index contributed by atoms with van der Waals surface area (Å²) in [7, 11) is 0. The van der Waals surface area contributed by atoms with Crippen LogP contribution in [0.4, 0.5) is 0 Å². The fourth-order valence-electron chi connectivity index (χ4n) is 2.34. The van der Waals surface area contributed by atoms with Gasteiger partial charge in [-0.1, -0.05) is 35.3 Å². The molecule has 0 amide bonds. The van der Waals surface area contributed by atoms with Gasteiger partial charge in [-0.15, -0.1) is 0 Å². The van der Waals surface area contributed by atoms with Crippen LogP contribution >= 0.6 is 23.2 Å². The van der Waals surface area contributed by atoms with Crippen LogP contribution < -0.4 is 5.32 Å². The van der Waals surface area contributed by atoms with Gasteiger partial charge in [0.1, 0.15) is 0 Å². The van der Waals surface area contributed by atoms with Crippen LogP contribution in [0.2, 0.25) is 10.0 Å². The molecule has 1 aliphatic heterocycles. The second-order valence-corrected chi connectivity index (χ2v) is 5.29. The highest BCUT2D eigenvalue weighted by Gasteiger charge is 2.31. The Labute approximate surface area is 127 Å². The molecule has 20 heavy (non-hydrogen) atoms. The highest BCUT2D eigenvalue weighted by atomic mass is 35.5. The van der Waals surface area contributed by atoms with Gasteiger partial charge in [-0.25, -0.2) is 0 Å². The number of benzene rings is 1. The van der Waals surface area contributed by atoms with Gasteiger partial charge in [0, 0.05) is 11.4 Å². The van der Waals surface area contributed by atoms with Crippen LogP contribution in [0.25, 0.3) is 0 Å². The van der Waals surface area contributed by atoms with E-state index in [2.05, 4.69) is 17.5 Å². The van der Waals surface area contributed by atoms with E-state index in [1.54, 1.807) is 18.2 Å². The zero-order chi connectivity index (χ0) is 14.9. The molecule has 0 unspecified atom stereocenters. The SMILES string of the molecule is CC1=C(C#N)C(c2cccc(Cl)c2Cl)C(C#N)=C(C)N1. The van der Waals surface area contributed by atoms with Crippen LogP contribution in [0.5, 0.6) is 0 Å². The molecule has 0 saturated heterocycles. The number of hydrogen-bond acceptors (Lipinski definition) is 3. The molecular formula is C15H11Cl2N3. The van der Waals surface area contributed by atoms with Crippen LogP contribution in [-0.4, -0.2) is 0 Å². The molecule has 5 heteroatoms. The first kappa shape index (κ1) is 14.5. The van der Waals surface area contributed by atoms with E-state index in [9.17, 15) is 10.5 Å². The molecule has 0 aliphatic carbocycles. The number of rotatable bonds is 1. The van der Waals surface area contributed by atoms with Gasteiger partial charge >= 0.3 is 0 Å². The largest absolute Gasteiger partial charge is 0.361 e. The summed E-state index contributed by atoms with van der Waals surface area (Å²) >= 11 is 12.3. The second kappa shape index (κ2) is 5.59. The average Bonchev–Trinajstić information content (AvgIpc) is 2.41. The topological polar surface area (TPSA) is 59.6 Å². The third-order valence-electron chi connectivity index (χ3n) is 3.29. The molecule has 0 fully saturated rings. The van der Waals surface area contributed by atoms with Gasteiger partial charge in [0.05, 0.1) is 39.2 Å². The van der Waals surface area contributed by atoms with Crippen LogP contribution in [-0.2, 0) is 0 Å². The Hall–Kier alpha value is -1.94. The maximum absolute atomic E-state index is 9.40. The van der Waals surface area contributed by atoms with Crippen LogP contribution in [0.3, 0.4) is 0 Å². The summed E-state index contributed by atoms with van der Waals surface area (Å²) in [5.74, 6) is -0.475. The number of allylic oxidation sites excluding steroid dienone is 4. The molecule has 0 radical (unpaired) electrons. The van der Waals surface area contributed by atoms with Crippen LogP contribution in [0, 0.1) is 22.7 Å². The summed E-state index contributed by atoms with van der Waals surface area (Å²) in [6.07, 6.45) is 0. The van der Waals surface area contributed by atoms with Crippen molar-refractivity contribution < 1.29 is 0 Å². The quantitative estimate of drug-likeness (QED) is 0.842. The van der Waals surface area contributed by atoms with E-state index in [4.69, 9.17) is 23.2 Å². The Kier molecular flexibility index (Phi) is 4.04. The average molecular weight is 304 g/mol. The van der Waals surface area contributed by atoms with Gasteiger partial charge in [-0.2, -0.15) is 10.5 Å². The predicted molar refractivity (Wildman–Crippen MR) is 79.0 cm³/mol. The van der Waals surface area contributed by atoms with Crippen molar-refractivity contribution in [2.45, 2.75) is 19.8 Å². The van der Waals surface area contributed by atoms with Gasteiger partial charge in [0.25, 0.3) is 0 Å². The van der Waals surface area contributed by atoms with Gasteiger partial charge in [0.15, 0.2) is 0 Å². The predicted octanol–water partition coefficient (Wildman–Crippen LogP) is 4.28. The van der Waals surface area contributed by atoms with Crippen LogP contribution in [0.1, 0.15) is 25.3 Å². The summed E-state index contributed by atoms with van der Waals surface area (Å²) in [5, 5.41) is 22.6. The van der Waals surface area contributed by atoms with Crippen molar-refractivity contribution in [2.24, 2.45) is 0 Å². The normalized spacial score (nSPS) is 15.7. The lowest BCUT2D eigenvalue weighted by Crippen LogP contribution is -2.23. The van der Waals surface area contributed by atoms with Crippen molar-refractivity contribution in [3.8, 4) is 12.1 Å². The van der Waals surface area contributed by atoms with Gasteiger partial charge < -0.3 is 5.32 Å². The summed E-state index contributed by atoms with van der Waals surface area (Å²) in [6, 6.07) is 9.56. The standard InChI is InChI=1S/C15H11Cl2N3/c1-8-11(6-18)14(12(7-19)9(2)20-8)10-4-3-5-13(16)15(10)17/h3-5,14,20H,1-2H3. The number of nitrogens with zero attached hydrogens (tertiary/aromatic N) is 2. The molecule has 1 aromatic rings. The van der Waals surface area contributed by atoms with E-state index in [-0.39, 0.29) is 0 Å². The Morgan fingerprint density at radius 3 is 2.10 bits per heavy atom. The number of dihydropyridines is 1. The fourth-order valence-corrected chi connectivity index (χ4v) is 2.76. The highest BCUT2D eigenvalue weighted by Crippen LogP contribution is 2.41. The molecule has 0 bridgehead atoms. The number of nitriles is 2. The van der Waals surface area contributed by atoms with Crippen LogP contribution in [0.15, 0.2) is 40.7 Å². The lowest BCUT2D eigenvalue weighted by molar-refractivity contribution is 0.814. The molecule has 2 rings (SSSR count). The van der Waals surface area contributed by atoms with Crippen molar-refractivity contribution >= 4 is 23.2 Å². The lowest BCUT2D eigenvalue weighted by atomic mass is 9.81. The minimum absolute atomic E-state index is 0.377. The molecule has 1 N–H and O–H groups in total. The van der Waals surface area contributed by atoms with Gasteiger partial charge in [-0.05, 0) is 25.5 Å². The van der Waals surface area contributed by atoms with Gasteiger partial charge in [0.2, 0.25) is 0 Å². The highest BCUT2D eigenvalue weighted by molar-refractivity contribution is 6.42. The minimum Gasteiger partial charge on any atom is -0.361 e. The molecule has 100 valence electrons. The molecule has 3 nitrogen and oxygen atoms in total. The van der Waals surface area contributed by atoms with Crippen molar-refractivity contribution in [2.75, 3.05) is 0 Å². The molecule has 0 saturated carbocycles. The summed E-state index contributed by atoms with van der Waals surface area (Å²) in [6.45, 7) is 3.61. The fraction of sp³-hybridized carbons (Fsp3) is 0.200. The Morgan fingerprint density at radius 1 is 1.05 bits per heavy atom. The van der Waals surface area contributed by atoms with Crippen molar-refractivity contribution in [1.82, 2.24) is 5.32 Å². The lowest BCUT2D eigenvalue weighted by Gasteiger charge is -2.26. The first-order valence-electron chi connectivity index (χ1n) is 5.94. The third-order valence-corrected chi connectivity index (χ3v) is 4.13. The minimum atomic E-state index is -0.475. The van der Waals surface area contributed by atoms with E-state index >= 15 is 0 Å².